The first-order valence-corrected chi connectivity index (χ1v) is 7.43. The van der Waals surface area contributed by atoms with E-state index in [1.165, 1.54) is 4.57 Å². The Kier molecular flexibility index (Phi) is 4.12. The van der Waals surface area contributed by atoms with Gasteiger partial charge in [0.15, 0.2) is 0 Å². The molecule has 0 N–H and O–H groups in total. The summed E-state index contributed by atoms with van der Waals surface area (Å²) >= 11 is 0. The van der Waals surface area contributed by atoms with Crippen LogP contribution in [0.4, 0.5) is 4.79 Å². The lowest BCUT2D eigenvalue weighted by molar-refractivity contribution is 0.0544. The molecule has 2 aromatic rings. The first-order valence-electron chi connectivity index (χ1n) is 7.43. The van der Waals surface area contributed by atoms with Crippen molar-refractivity contribution in [3.8, 4) is 11.8 Å². The molecule has 0 bridgehead atoms. The molecule has 0 spiro atoms. The van der Waals surface area contributed by atoms with Crippen LogP contribution in [-0.2, 0) is 10.2 Å². The number of hydrogen-bond acceptors (Lipinski definition) is 4. The van der Waals surface area contributed by atoms with Crippen molar-refractivity contribution in [1.82, 2.24) is 4.57 Å². The average molecular weight is 314 g/mol. The molecule has 2 rings (SSSR count). The fourth-order valence-corrected chi connectivity index (χ4v) is 2.36. The normalized spacial score (nSPS) is 12.0. The van der Waals surface area contributed by atoms with Crippen molar-refractivity contribution in [3.05, 3.63) is 30.0 Å². The van der Waals surface area contributed by atoms with Crippen LogP contribution in [0.3, 0.4) is 0 Å². The Morgan fingerprint density at radius 1 is 1.22 bits per heavy atom. The van der Waals surface area contributed by atoms with Crippen LogP contribution >= 0.6 is 0 Å². The Bertz CT molecular complexity index is 789. The van der Waals surface area contributed by atoms with Crippen LogP contribution in [0.15, 0.2) is 24.4 Å². The first-order chi connectivity index (χ1) is 10.6. The summed E-state index contributed by atoms with van der Waals surface area (Å²) in [5.41, 5.74) is 0.126. The molecule has 5 nitrogen and oxygen atoms in total. The first kappa shape index (κ1) is 16.9. The number of ether oxygens (including phenoxy) is 2. The second-order valence-corrected chi connectivity index (χ2v) is 7.01. The molecule has 0 saturated carbocycles. The van der Waals surface area contributed by atoms with Crippen LogP contribution in [0, 0.1) is 11.3 Å². The van der Waals surface area contributed by atoms with Crippen molar-refractivity contribution < 1.29 is 14.3 Å². The second-order valence-electron chi connectivity index (χ2n) is 7.01. The predicted molar refractivity (Wildman–Crippen MR) is 88.8 cm³/mol. The minimum atomic E-state index is -0.738. The van der Waals surface area contributed by atoms with E-state index in [2.05, 4.69) is 6.07 Å². The molecular weight excluding hydrogens is 292 g/mol. The highest BCUT2D eigenvalue weighted by molar-refractivity contribution is 5.93. The van der Waals surface area contributed by atoms with Crippen LogP contribution in [0.2, 0.25) is 0 Å². The topological polar surface area (TPSA) is 64.2 Å². The molecule has 1 heterocycles. The minimum absolute atomic E-state index is 0.465. The molecule has 0 unspecified atom stereocenters. The number of carbonyl (C=O) groups excluding carboxylic acids is 1. The number of fused-ring (bicyclic) bond motifs is 1. The summed E-state index contributed by atoms with van der Waals surface area (Å²) < 4.78 is 12.2. The van der Waals surface area contributed by atoms with E-state index in [0.717, 1.165) is 10.9 Å². The summed E-state index contributed by atoms with van der Waals surface area (Å²) in [5, 5.41) is 10.3. The zero-order valence-corrected chi connectivity index (χ0v) is 14.4. The highest BCUT2D eigenvalue weighted by Gasteiger charge is 2.28. The fraction of sp³-hybridized carbons (Fsp3) is 0.444. The van der Waals surface area contributed by atoms with Gasteiger partial charge in [0.1, 0.15) is 11.4 Å². The van der Waals surface area contributed by atoms with Gasteiger partial charge in [0, 0.05) is 11.6 Å². The van der Waals surface area contributed by atoms with Crippen molar-refractivity contribution in [2.75, 3.05) is 7.11 Å². The van der Waals surface area contributed by atoms with E-state index in [4.69, 9.17) is 9.47 Å². The third-order valence-corrected chi connectivity index (χ3v) is 3.55. The zero-order chi connectivity index (χ0) is 17.4. The molecule has 23 heavy (non-hydrogen) atoms. The summed E-state index contributed by atoms with van der Waals surface area (Å²) in [7, 11) is 1.58. The highest BCUT2D eigenvalue weighted by atomic mass is 16.6. The Balaban J connectivity index is 2.68. The zero-order valence-electron chi connectivity index (χ0n) is 14.4. The van der Waals surface area contributed by atoms with Crippen LogP contribution in [-0.4, -0.2) is 23.4 Å². The van der Waals surface area contributed by atoms with Gasteiger partial charge in [0.05, 0.1) is 24.1 Å². The number of rotatable bonds is 2. The van der Waals surface area contributed by atoms with Gasteiger partial charge in [-0.2, -0.15) is 5.26 Å². The van der Waals surface area contributed by atoms with Crippen molar-refractivity contribution in [1.29, 1.82) is 5.26 Å². The lowest BCUT2D eigenvalue weighted by Crippen LogP contribution is -2.26. The van der Waals surface area contributed by atoms with Gasteiger partial charge in [0.2, 0.25) is 0 Å². The number of carbonyl (C=O) groups is 1. The third-order valence-electron chi connectivity index (χ3n) is 3.55. The van der Waals surface area contributed by atoms with Gasteiger partial charge in [-0.25, -0.2) is 4.79 Å². The molecule has 0 amide bonds. The SMILES string of the molecule is COc1ccc2c(c1)c(C(C)(C)C#N)cn2C(=O)OC(C)(C)C. The molecule has 1 aromatic heterocycles. The molecule has 0 fully saturated rings. The predicted octanol–water partition coefficient (Wildman–Crippen LogP) is 4.23. The fourth-order valence-electron chi connectivity index (χ4n) is 2.36. The molecule has 1 aromatic carbocycles. The van der Waals surface area contributed by atoms with Gasteiger partial charge in [-0.05, 0) is 58.4 Å². The van der Waals surface area contributed by atoms with Gasteiger partial charge in [-0.15, -0.1) is 0 Å². The molecule has 0 aliphatic rings. The maximum atomic E-state index is 12.5. The smallest absolute Gasteiger partial charge is 0.419 e. The van der Waals surface area contributed by atoms with E-state index >= 15 is 0 Å². The van der Waals surface area contributed by atoms with Crippen molar-refractivity contribution in [2.45, 2.75) is 45.6 Å². The number of hydrogen-bond donors (Lipinski definition) is 0. The van der Waals surface area contributed by atoms with E-state index in [-0.39, 0.29) is 0 Å². The molecule has 0 saturated heterocycles. The van der Waals surface area contributed by atoms with Crippen molar-refractivity contribution in [3.63, 3.8) is 0 Å². The lowest BCUT2D eigenvalue weighted by Gasteiger charge is -2.19. The summed E-state index contributed by atoms with van der Waals surface area (Å²) in [6, 6.07) is 7.70. The van der Waals surface area contributed by atoms with Gasteiger partial charge in [-0.1, -0.05) is 0 Å². The summed E-state index contributed by atoms with van der Waals surface area (Å²) in [6.07, 6.45) is 1.22. The van der Waals surface area contributed by atoms with E-state index in [1.807, 2.05) is 40.7 Å². The molecule has 5 heteroatoms. The average Bonchev–Trinajstić information content (AvgIpc) is 2.84. The van der Waals surface area contributed by atoms with E-state index in [1.54, 1.807) is 25.4 Å². The Morgan fingerprint density at radius 3 is 2.39 bits per heavy atom. The quantitative estimate of drug-likeness (QED) is 0.832. The number of nitriles is 1. The lowest BCUT2D eigenvalue weighted by atomic mass is 9.86. The van der Waals surface area contributed by atoms with Gasteiger partial charge >= 0.3 is 6.09 Å². The summed E-state index contributed by atoms with van der Waals surface area (Å²) in [5.74, 6) is 0.675. The molecule has 0 aliphatic heterocycles. The maximum absolute atomic E-state index is 12.5. The number of benzene rings is 1. The van der Waals surface area contributed by atoms with Crippen LogP contribution in [0.5, 0.6) is 5.75 Å². The van der Waals surface area contributed by atoms with E-state index in [9.17, 15) is 10.1 Å². The van der Waals surface area contributed by atoms with Gasteiger partial charge < -0.3 is 9.47 Å². The number of aromatic nitrogens is 1. The van der Waals surface area contributed by atoms with Gasteiger partial charge in [-0.3, -0.25) is 4.57 Å². The second kappa shape index (κ2) is 5.62. The van der Waals surface area contributed by atoms with E-state index < -0.39 is 17.1 Å². The standard InChI is InChI=1S/C18H22N2O3/c1-17(2,3)23-16(21)20-10-14(18(4,5)11-19)13-9-12(22-6)7-8-15(13)20/h7-10H,1-6H3. The highest BCUT2D eigenvalue weighted by Crippen LogP contribution is 2.34. The van der Waals surface area contributed by atoms with Crippen LogP contribution in [0.25, 0.3) is 10.9 Å². The monoisotopic (exact) mass is 314 g/mol. The Morgan fingerprint density at radius 2 is 1.87 bits per heavy atom. The Hall–Kier alpha value is -2.48. The van der Waals surface area contributed by atoms with Gasteiger partial charge in [0.25, 0.3) is 0 Å². The van der Waals surface area contributed by atoms with Crippen molar-refractivity contribution in [2.24, 2.45) is 0 Å². The number of methoxy groups -OCH3 is 1. The van der Waals surface area contributed by atoms with Crippen LogP contribution < -0.4 is 4.74 Å². The largest absolute Gasteiger partial charge is 0.497 e. The number of nitrogens with zero attached hydrogens (tertiary/aromatic N) is 2. The molecule has 122 valence electrons. The maximum Gasteiger partial charge on any atom is 0.419 e. The minimum Gasteiger partial charge on any atom is -0.497 e. The summed E-state index contributed by atoms with van der Waals surface area (Å²) in [6.45, 7) is 9.10. The molecule has 0 aliphatic carbocycles. The molecule has 0 radical (unpaired) electrons. The summed E-state index contributed by atoms with van der Waals surface area (Å²) in [4.78, 5) is 12.5. The molecular formula is C18H22N2O3. The van der Waals surface area contributed by atoms with Crippen molar-refractivity contribution >= 4 is 17.0 Å². The third kappa shape index (κ3) is 3.31. The van der Waals surface area contributed by atoms with Crippen LogP contribution in [0.1, 0.15) is 40.2 Å². The van der Waals surface area contributed by atoms with E-state index in [0.29, 0.717) is 11.3 Å². The molecule has 0 atom stereocenters. The Labute approximate surface area is 136 Å².